The second-order valence-corrected chi connectivity index (χ2v) is 7.81. The Morgan fingerprint density at radius 1 is 1.17 bits per heavy atom. The SMILES string of the molecule is CCCCCCC(C)NC(=NCc1nnc(C)n1C)NCCc1ccc(OC)cc1. The zero-order valence-electron chi connectivity index (χ0n) is 19.2. The van der Waals surface area contributed by atoms with Crippen molar-refractivity contribution in [3.05, 3.63) is 41.5 Å². The van der Waals surface area contributed by atoms with Crippen LogP contribution in [0.5, 0.6) is 5.75 Å². The number of nitrogens with one attached hydrogen (secondary N) is 2. The van der Waals surface area contributed by atoms with Gasteiger partial charge < -0.3 is 19.9 Å². The van der Waals surface area contributed by atoms with E-state index in [1.54, 1.807) is 7.11 Å². The zero-order valence-corrected chi connectivity index (χ0v) is 19.2. The normalized spacial score (nSPS) is 12.6. The van der Waals surface area contributed by atoms with Gasteiger partial charge in [0.1, 0.15) is 18.1 Å². The van der Waals surface area contributed by atoms with Gasteiger partial charge in [-0.3, -0.25) is 0 Å². The molecule has 2 aromatic rings. The van der Waals surface area contributed by atoms with Crippen molar-refractivity contribution in [1.29, 1.82) is 0 Å². The number of aromatic nitrogens is 3. The molecular weight excluding hydrogens is 376 g/mol. The Morgan fingerprint density at radius 2 is 1.93 bits per heavy atom. The van der Waals surface area contributed by atoms with Crippen molar-refractivity contribution in [3.8, 4) is 5.75 Å². The first-order valence-corrected chi connectivity index (χ1v) is 11.1. The molecule has 0 saturated carbocycles. The summed E-state index contributed by atoms with van der Waals surface area (Å²) in [5, 5.41) is 15.4. The van der Waals surface area contributed by atoms with E-state index >= 15 is 0 Å². The Balaban J connectivity index is 1.92. The molecule has 7 nitrogen and oxygen atoms in total. The molecule has 1 aromatic heterocycles. The lowest BCUT2D eigenvalue weighted by Gasteiger charge is -2.18. The first-order chi connectivity index (χ1) is 14.5. The van der Waals surface area contributed by atoms with Crippen LogP contribution in [0.25, 0.3) is 0 Å². The summed E-state index contributed by atoms with van der Waals surface area (Å²) in [6.45, 7) is 7.72. The van der Waals surface area contributed by atoms with Gasteiger partial charge in [0.25, 0.3) is 0 Å². The molecule has 2 rings (SSSR count). The quantitative estimate of drug-likeness (QED) is 0.314. The standard InChI is InChI=1S/C23H38N6O/c1-6-7-8-9-10-18(2)26-23(25-17-22-28-27-19(3)29(22)4)24-16-15-20-11-13-21(30-5)14-12-20/h11-14,18H,6-10,15-17H2,1-5H3,(H2,24,25,26). The van der Waals surface area contributed by atoms with Gasteiger partial charge in [-0.1, -0.05) is 44.7 Å². The van der Waals surface area contributed by atoms with Crippen molar-refractivity contribution in [3.63, 3.8) is 0 Å². The summed E-state index contributed by atoms with van der Waals surface area (Å²) < 4.78 is 7.21. The maximum atomic E-state index is 5.23. The fraction of sp³-hybridized carbons (Fsp3) is 0.609. The number of aliphatic imine (C=N–C) groups is 1. The maximum Gasteiger partial charge on any atom is 0.191 e. The minimum atomic E-state index is 0.371. The molecule has 1 aromatic carbocycles. The first kappa shape index (κ1) is 23.7. The van der Waals surface area contributed by atoms with Crippen LogP contribution in [0, 0.1) is 6.92 Å². The lowest BCUT2D eigenvalue weighted by atomic mass is 10.1. The Kier molecular flexibility index (Phi) is 10.2. The third-order valence-corrected chi connectivity index (χ3v) is 5.30. The van der Waals surface area contributed by atoms with E-state index in [1.165, 1.54) is 31.2 Å². The fourth-order valence-corrected chi connectivity index (χ4v) is 3.19. The number of hydrogen-bond acceptors (Lipinski definition) is 4. The zero-order chi connectivity index (χ0) is 21.8. The summed E-state index contributed by atoms with van der Waals surface area (Å²) in [4.78, 5) is 4.76. The van der Waals surface area contributed by atoms with Gasteiger partial charge in [-0.05, 0) is 44.4 Å². The highest BCUT2D eigenvalue weighted by atomic mass is 16.5. The van der Waals surface area contributed by atoms with E-state index in [0.29, 0.717) is 12.6 Å². The number of rotatable bonds is 12. The summed E-state index contributed by atoms with van der Waals surface area (Å²) in [5.41, 5.74) is 1.26. The molecule has 2 N–H and O–H groups in total. The van der Waals surface area contributed by atoms with Crippen molar-refractivity contribution in [2.24, 2.45) is 12.0 Å². The molecule has 0 amide bonds. The number of methoxy groups -OCH3 is 1. The van der Waals surface area contributed by atoms with Crippen LogP contribution in [0.4, 0.5) is 0 Å². The van der Waals surface area contributed by atoms with Crippen LogP contribution in [0.15, 0.2) is 29.3 Å². The Labute approximate surface area is 181 Å². The molecule has 1 atom stereocenters. The number of aryl methyl sites for hydroxylation is 1. The van der Waals surface area contributed by atoms with Crippen LogP contribution in [-0.2, 0) is 20.0 Å². The Bertz CT molecular complexity index is 769. The second kappa shape index (κ2) is 12.9. The van der Waals surface area contributed by atoms with E-state index in [-0.39, 0.29) is 0 Å². The van der Waals surface area contributed by atoms with Crippen molar-refractivity contribution in [2.75, 3.05) is 13.7 Å². The molecule has 7 heteroatoms. The van der Waals surface area contributed by atoms with Gasteiger partial charge in [-0.25, -0.2) is 4.99 Å². The maximum absolute atomic E-state index is 5.23. The third kappa shape index (κ3) is 8.05. The molecule has 30 heavy (non-hydrogen) atoms. The molecule has 1 unspecified atom stereocenters. The largest absolute Gasteiger partial charge is 0.497 e. The second-order valence-electron chi connectivity index (χ2n) is 7.81. The molecule has 0 aliphatic heterocycles. The molecule has 0 aliphatic rings. The first-order valence-electron chi connectivity index (χ1n) is 11.1. The van der Waals surface area contributed by atoms with E-state index in [4.69, 9.17) is 9.73 Å². The number of ether oxygens (including phenoxy) is 1. The predicted octanol–water partition coefficient (Wildman–Crippen LogP) is 3.77. The summed E-state index contributed by atoms with van der Waals surface area (Å²) in [5.74, 6) is 3.46. The minimum Gasteiger partial charge on any atom is -0.497 e. The number of guanidine groups is 1. The molecule has 0 aliphatic carbocycles. The van der Waals surface area contributed by atoms with Crippen molar-refractivity contribution < 1.29 is 4.74 Å². The van der Waals surface area contributed by atoms with Crippen LogP contribution < -0.4 is 15.4 Å². The molecule has 0 bridgehead atoms. The number of nitrogens with zero attached hydrogens (tertiary/aromatic N) is 4. The molecule has 0 saturated heterocycles. The summed E-state index contributed by atoms with van der Waals surface area (Å²) in [7, 11) is 3.66. The van der Waals surface area contributed by atoms with Gasteiger partial charge >= 0.3 is 0 Å². The van der Waals surface area contributed by atoms with Crippen molar-refractivity contribution >= 4 is 5.96 Å². The van der Waals surface area contributed by atoms with E-state index < -0.39 is 0 Å². The lowest BCUT2D eigenvalue weighted by Crippen LogP contribution is -2.43. The molecule has 0 spiro atoms. The highest BCUT2D eigenvalue weighted by molar-refractivity contribution is 5.80. The van der Waals surface area contributed by atoms with E-state index in [0.717, 1.165) is 42.7 Å². The van der Waals surface area contributed by atoms with Gasteiger partial charge in [0.2, 0.25) is 0 Å². The van der Waals surface area contributed by atoms with E-state index in [1.807, 2.05) is 30.7 Å². The topological polar surface area (TPSA) is 76.4 Å². The Morgan fingerprint density at radius 3 is 2.57 bits per heavy atom. The number of hydrogen-bond donors (Lipinski definition) is 2. The van der Waals surface area contributed by atoms with Crippen molar-refractivity contribution in [2.45, 2.75) is 71.9 Å². The molecular formula is C23H38N6O. The molecule has 0 radical (unpaired) electrons. The Hall–Kier alpha value is -2.57. The van der Waals surface area contributed by atoms with Crippen LogP contribution >= 0.6 is 0 Å². The predicted molar refractivity (Wildman–Crippen MR) is 123 cm³/mol. The van der Waals surface area contributed by atoms with Gasteiger partial charge in [-0.15, -0.1) is 10.2 Å². The molecule has 1 heterocycles. The van der Waals surface area contributed by atoms with Crippen molar-refractivity contribution in [1.82, 2.24) is 25.4 Å². The van der Waals surface area contributed by atoms with E-state index in [9.17, 15) is 0 Å². The van der Waals surface area contributed by atoms with Gasteiger partial charge in [0.15, 0.2) is 11.8 Å². The summed E-state index contributed by atoms with van der Waals surface area (Å²) >= 11 is 0. The van der Waals surface area contributed by atoms with Gasteiger partial charge in [0, 0.05) is 19.6 Å². The van der Waals surface area contributed by atoms with Crippen LogP contribution in [0.2, 0.25) is 0 Å². The van der Waals surface area contributed by atoms with E-state index in [2.05, 4.69) is 46.8 Å². The molecule has 0 fully saturated rings. The minimum absolute atomic E-state index is 0.371. The highest BCUT2D eigenvalue weighted by Gasteiger charge is 2.08. The lowest BCUT2D eigenvalue weighted by molar-refractivity contribution is 0.414. The van der Waals surface area contributed by atoms with Gasteiger partial charge in [-0.2, -0.15) is 0 Å². The van der Waals surface area contributed by atoms with Crippen LogP contribution in [-0.4, -0.2) is 40.4 Å². The average Bonchev–Trinajstić information content (AvgIpc) is 3.07. The highest BCUT2D eigenvalue weighted by Crippen LogP contribution is 2.11. The van der Waals surface area contributed by atoms with Crippen LogP contribution in [0.1, 0.15) is 63.2 Å². The molecule has 166 valence electrons. The monoisotopic (exact) mass is 414 g/mol. The fourth-order valence-electron chi connectivity index (χ4n) is 3.19. The average molecular weight is 415 g/mol. The summed E-state index contributed by atoms with van der Waals surface area (Å²) in [6.07, 6.45) is 7.15. The third-order valence-electron chi connectivity index (χ3n) is 5.30. The smallest absolute Gasteiger partial charge is 0.191 e. The van der Waals surface area contributed by atoms with Crippen LogP contribution in [0.3, 0.4) is 0 Å². The number of unbranched alkanes of at least 4 members (excludes halogenated alkanes) is 3. The van der Waals surface area contributed by atoms with Gasteiger partial charge in [0.05, 0.1) is 7.11 Å². The number of benzene rings is 1. The summed E-state index contributed by atoms with van der Waals surface area (Å²) in [6, 6.07) is 8.57.